The number of carboxylic acid groups (broad SMARTS) is 1. The Hall–Kier alpha value is -3.06. The SMILES string of the molecule is COCCOc1ccccc1CNC(=O)NCc1ccc(C(=O)O)cc1. The number of methoxy groups -OCH3 is 1. The number of carboxylic acids is 1. The van der Waals surface area contributed by atoms with E-state index in [4.69, 9.17) is 14.6 Å². The van der Waals surface area contributed by atoms with Crippen molar-refractivity contribution in [2.45, 2.75) is 13.1 Å². The van der Waals surface area contributed by atoms with Crippen LogP contribution in [0.1, 0.15) is 21.5 Å². The number of amides is 2. The van der Waals surface area contributed by atoms with Gasteiger partial charge in [-0.1, -0.05) is 30.3 Å². The number of ether oxygens (including phenoxy) is 2. The first-order chi connectivity index (χ1) is 12.6. The summed E-state index contributed by atoms with van der Waals surface area (Å²) in [5.41, 5.74) is 1.89. The van der Waals surface area contributed by atoms with Gasteiger partial charge in [-0.15, -0.1) is 0 Å². The monoisotopic (exact) mass is 358 g/mol. The van der Waals surface area contributed by atoms with Crippen LogP contribution in [0.3, 0.4) is 0 Å². The maximum Gasteiger partial charge on any atom is 0.335 e. The number of rotatable bonds is 9. The third-order valence-corrected chi connectivity index (χ3v) is 3.61. The molecule has 0 radical (unpaired) electrons. The molecular weight excluding hydrogens is 336 g/mol. The molecule has 0 aliphatic carbocycles. The average molecular weight is 358 g/mol. The summed E-state index contributed by atoms with van der Waals surface area (Å²) >= 11 is 0. The molecule has 0 fully saturated rings. The summed E-state index contributed by atoms with van der Waals surface area (Å²) < 4.78 is 10.6. The van der Waals surface area contributed by atoms with Crippen molar-refractivity contribution in [3.8, 4) is 5.75 Å². The van der Waals surface area contributed by atoms with Crippen molar-refractivity contribution >= 4 is 12.0 Å². The van der Waals surface area contributed by atoms with Crippen LogP contribution in [0.15, 0.2) is 48.5 Å². The minimum Gasteiger partial charge on any atom is -0.491 e. The molecule has 26 heavy (non-hydrogen) atoms. The molecule has 0 spiro atoms. The fourth-order valence-corrected chi connectivity index (χ4v) is 2.21. The zero-order valence-electron chi connectivity index (χ0n) is 14.5. The number of carbonyl (C=O) groups excluding carboxylic acids is 1. The van der Waals surface area contributed by atoms with Gasteiger partial charge in [0.1, 0.15) is 12.4 Å². The maximum atomic E-state index is 12.0. The smallest absolute Gasteiger partial charge is 0.335 e. The summed E-state index contributed by atoms with van der Waals surface area (Å²) in [6.45, 7) is 1.56. The van der Waals surface area contributed by atoms with Crippen LogP contribution < -0.4 is 15.4 Å². The van der Waals surface area contributed by atoms with E-state index < -0.39 is 5.97 Å². The first-order valence-corrected chi connectivity index (χ1v) is 8.13. The molecule has 0 unspecified atom stereocenters. The highest BCUT2D eigenvalue weighted by Gasteiger charge is 2.06. The number of aromatic carboxylic acids is 1. The van der Waals surface area contributed by atoms with Gasteiger partial charge in [0.2, 0.25) is 0 Å². The number of hydrogen-bond donors (Lipinski definition) is 3. The van der Waals surface area contributed by atoms with Gasteiger partial charge >= 0.3 is 12.0 Å². The van der Waals surface area contributed by atoms with E-state index >= 15 is 0 Å². The van der Waals surface area contributed by atoms with Crippen molar-refractivity contribution in [1.29, 1.82) is 0 Å². The molecule has 7 heteroatoms. The molecule has 2 rings (SSSR count). The molecule has 0 aliphatic heterocycles. The molecule has 0 bridgehead atoms. The lowest BCUT2D eigenvalue weighted by Crippen LogP contribution is -2.34. The van der Waals surface area contributed by atoms with E-state index in [1.54, 1.807) is 19.2 Å². The van der Waals surface area contributed by atoms with Gasteiger partial charge in [0, 0.05) is 25.8 Å². The normalized spacial score (nSPS) is 10.2. The maximum absolute atomic E-state index is 12.0. The van der Waals surface area contributed by atoms with Gasteiger partial charge in [-0.3, -0.25) is 0 Å². The number of carbonyl (C=O) groups is 2. The summed E-state index contributed by atoms with van der Waals surface area (Å²) in [5.74, 6) is -0.275. The van der Waals surface area contributed by atoms with Crippen molar-refractivity contribution < 1.29 is 24.2 Å². The van der Waals surface area contributed by atoms with Crippen LogP contribution in [-0.2, 0) is 17.8 Å². The van der Waals surface area contributed by atoms with E-state index in [0.717, 1.165) is 11.1 Å². The third-order valence-electron chi connectivity index (χ3n) is 3.61. The molecular formula is C19H22N2O5. The van der Waals surface area contributed by atoms with E-state index in [1.807, 2.05) is 24.3 Å². The molecule has 2 aromatic carbocycles. The van der Waals surface area contributed by atoms with Crippen molar-refractivity contribution in [1.82, 2.24) is 10.6 Å². The number of para-hydroxylation sites is 1. The zero-order chi connectivity index (χ0) is 18.8. The molecule has 138 valence electrons. The summed E-state index contributed by atoms with van der Waals surface area (Å²) in [6, 6.07) is 13.5. The van der Waals surface area contributed by atoms with E-state index in [0.29, 0.717) is 32.1 Å². The van der Waals surface area contributed by atoms with Crippen LogP contribution in [0, 0.1) is 0 Å². The minimum absolute atomic E-state index is 0.211. The minimum atomic E-state index is -0.978. The molecule has 0 heterocycles. The second kappa shape index (κ2) is 10.0. The topological polar surface area (TPSA) is 96.9 Å². The third kappa shape index (κ3) is 6.10. The average Bonchev–Trinajstić information content (AvgIpc) is 2.66. The van der Waals surface area contributed by atoms with E-state index in [1.165, 1.54) is 12.1 Å². The van der Waals surface area contributed by atoms with E-state index in [2.05, 4.69) is 10.6 Å². The van der Waals surface area contributed by atoms with Gasteiger partial charge in [-0.25, -0.2) is 9.59 Å². The second-order valence-corrected chi connectivity index (χ2v) is 5.49. The van der Waals surface area contributed by atoms with E-state index in [9.17, 15) is 9.59 Å². The molecule has 0 aliphatic rings. The fourth-order valence-electron chi connectivity index (χ4n) is 2.21. The first kappa shape index (κ1) is 19.3. The van der Waals surface area contributed by atoms with E-state index in [-0.39, 0.29) is 11.6 Å². The molecule has 2 aromatic rings. The highest BCUT2D eigenvalue weighted by Crippen LogP contribution is 2.17. The van der Waals surface area contributed by atoms with Crippen molar-refractivity contribution in [3.63, 3.8) is 0 Å². The lowest BCUT2D eigenvalue weighted by atomic mass is 10.1. The molecule has 2 amide bonds. The Labute approximate surface area is 151 Å². The van der Waals surface area contributed by atoms with Crippen molar-refractivity contribution in [2.24, 2.45) is 0 Å². The van der Waals surface area contributed by atoms with Crippen LogP contribution >= 0.6 is 0 Å². The largest absolute Gasteiger partial charge is 0.491 e. The molecule has 0 atom stereocenters. The Bertz CT molecular complexity index is 731. The molecule has 3 N–H and O–H groups in total. The lowest BCUT2D eigenvalue weighted by molar-refractivity contribution is 0.0697. The molecule has 7 nitrogen and oxygen atoms in total. The number of benzene rings is 2. The predicted octanol–water partition coefficient (Wildman–Crippen LogP) is 2.41. The Morgan fingerprint density at radius 3 is 2.35 bits per heavy atom. The highest BCUT2D eigenvalue weighted by atomic mass is 16.5. The number of hydrogen-bond acceptors (Lipinski definition) is 4. The summed E-state index contributed by atoms with van der Waals surface area (Å²) in [7, 11) is 1.61. The molecule has 0 saturated carbocycles. The van der Waals surface area contributed by atoms with Crippen LogP contribution in [0.4, 0.5) is 4.79 Å². The fraction of sp³-hybridized carbons (Fsp3) is 0.263. The number of urea groups is 1. The Kier molecular flexibility index (Phi) is 7.45. The van der Waals surface area contributed by atoms with Gasteiger partial charge in [-0.2, -0.15) is 0 Å². The van der Waals surface area contributed by atoms with Crippen LogP contribution in [-0.4, -0.2) is 37.4 Å². The first-order valence-electron chi connectivity index (χ1n) is 8.13. The number of nitrogens with one attached hydrogen (secondary N) is 2. The highest BCUT2D eigenvalue weighted by molar-refractivity contribution is 5.87. The summed E-state index contributed by atoms with van der Waals surface area (Å²) in [4.78, 5) is 22.8. The standard InChI is InChI=1S/C19H22N2O5/c1-25-10-11-26-17-5-3-2-4-16(17)13-21-19(24)20-12-14-6-8-15(9-7-14)18(22)23/h2-9H,10-13H2,1H3,(H,22,23)(H2,20,21,24). The Balaban J connectivity index is 1.80. The van der Waals surface area contributed by atoms with Gasteiger partial charge in [0.05, 0.1) is 12.2 Å². The van der Waals surface area contributed by atoms with Crippen molar-refractivity contribution in [2.75, 3.05) is 20.3 Å². The van der Waals surface area contributed by atoms with Gasteiger partial charge in [0.25, 0.3) is 0 Å². The van der Waals surface area contributed by atoms with Gasteiger partial charge in [0.15, 0.2) is 0 Å². The second-order valence-electron chi connectivity index (χ2n) is 5.49. The predicted molar refractivity (Wildman–Crippen MR) is 96.3 cm³/mol. The van der Waals surface area contributed by atoms with Crippen LogP contribution in [0.5, 0.6) is 5.75 Å². The summed E-state index contributed by atoms with van der Waals surface area (Å²) in [5, 5.41) is 14.4. The quantitative estimate of drug-likeness (QED) is 0.598. The molecule has 0 aromatic heterocycles. The van der Waals surface area contributed by atoms with Gasteiger partial charge in [-0.05, 0) is 23.8 Å². The van der Waals surface area contributed by atoms with Crippen molar-refractivity contribution in [3.05, 3.63) is 65.2 Å². The molecule has 0 saturated heterocycles. The Morgan fingerprint density at radius 1 is 0.962 bits per heavy atom. The van der Waals surface area contributed by atoms with Crippen LogP contribution in [0.2, 0.25) is 0 Å². The van der Waals surface area contributed by atoms with Gasteiger partial charge < -0.3 is 25.2 Å². The zero-order valence-corrected chi connectivity index (χ0v) is 14.5. The Morgan fingerprint density at radius 2 is 1.65 bits per heavy atom. The lowest BCUT2D eigenvalue weighted by Gasteiger charge is -2.12. The van der Waals surface area contributed by atoms with Crippen LogP contribution in [0.25, 0.3) is 0 Å². The summed E-state index contributed by atoms with van der Waals surface area (Å²) in [6.07, 6.45) is 0.